The Kier molecular flexibility index (Phi) is 5.58. The van der Waals surface area contributed by atoms with Crippen LogP contribution < -0.4 is 11.1 Å². The Morgan fingerprint density at radius 1 is 1.50 bits per heavy atom. The van der Waals surface area contributed by atoms with Crippen molar-refractivity contribution in [2.24, 2.45) is 16.3 Å². The van der Waals surface area contributed by atoms with Crippen LogP contribution in [0.4, 0.5) is 0 Å². The zero-order chi connectivity index (χ0) is 13.4. The van der Waals surface area contributed by atoms with Gasteiger partial charge in [-0.2, -0.15) is 0 Å². The molecule has 100 valence electrons. The van der Waals surface area contributed by atoms with Gasteiger partial charge in [0.1, 0.15) is 5.84 Å². The van der Waals surface area contributed by atoms with Crippen molar-refractivity contribution in [3.05, 3.63) is 30.1 Å². The number of amidine groups is 1. The van der Waals surface area contributed by atoms with Crippen molar-refractivity contribution < 1.29 is 5.21 Å². The molecule has 0 saturated heterocycles. The van der Waals surface area contributed by atoms with E-state index in [9.17, 15) is 0 Å². The van der Waals surface area contributed by atoms with Crippen LogP contribution in [-0.4, -0.2) is 22.6 Å². The molecule has 0 radical (unpaired) electrons. The van der Waals surface area contributed by atoms with E-state index in [0.717, 1.165) is 31.6 Å². The van der Waals surface area contributed by atoms with E-state index >= 15 is 0 Å². The van der Waals surface area contributed by atoms with Gasteiger partial charge in [-0.05, 0) is 31.5 Å². The summed E-state index contributed by atoms with van der Waals surface area (Å²) in [5.74, 6) is 0.284. The quantitative estimate of drug-likeness (QED) is 0.226. The molecule has 0 aliphatic rings. The number of oxime groups is 1. The molecule has 18 heavy (non-hydrogen) atoms. The van der Waals surface area contributed by atoms with Crippen molar-refractivity contribution in [1.82, 2.24) is 10.3 Å². The fourth-order valence-corrected chi connectivity index (χ4v) is 1.64. The lowest BCUT2D eigenvalue weighted by atomic mass is 9.86. The average molecular weight is 250 g/mol. The molecule has 4 N–H and O–H groups in total. The molecular formula is C13H22N4O. The number of hydrogen-bond acceptors (Lipinski definition) is 4. The molecule has 1 aromatic heterocycles. The first kappa shape index (κ1) is 14.4. The Morgan fingerprint density at radius 2 is 2.28 bits per heavy atom. The number of nitrogens with zero attached hydrogens (tertiary/aromatic N) is 2. The highest BCUT2D eigenvalue weighted by Crippen LogP contribution is 2.21. The van der Waals surface area contributed by atoms with Crippen LogP contribution >= 0.6 is 0 Å². The van der Waals surface area contributed by atoms with Crippen molar-refractivity contribution in [3.8, 4) is 0 Å². The summed E-state index contributed by atoms with van der Waals surface area (Å²) < 4.78 is 0. The normalized spacial score (nSPS) is 12.7. The van der Waals surface area contributed by atoms with E-state index in [0.29, 0.717) is 0 Å². The van der Waals surface area contributed by atoms with Gasteiger partial charge in [-0.3, -0.25) is 4.98 Å². The molecule has 0 unspecified atom stereocenters. The van der Waals surface area contributed by atoms with Gasteiger partial charge in [0.25, 0.3) is 0 Å². The van der Waals surface area contributed by atoms with Gasteiger partial charge in [0.05, 0.1) is 5.69 Å². The Bertz CT molecular complexity index is 376. The van der Waals surface area contributed by atoms with Crippen LogP contribution in [0.25, 0.3) is 0 Å². The van der Waals surface area contributed by atoms with Gasteiger partial charge in [-0.1, -0.05) is 25.1 Å². The highest BCUT2D eigenvalue weighted by molar-refractivity contribution is 5.85. The minimum absolute atomic E-state index is 0.262. The van der Waals surface area contributed by atoms with E-state index in [1.54, 1.807) is 6.20 Å². The van der Waals surface area contributed by atoms with E-state index in [4.69, 9.17) is 10.9 Å². The summed E-state index contributed by atoms with van der Waals surface area (Å²) in [5, 5.41) is 15.1. The number of nitrogens with one attached hydrogen (secondary N) is 1. The lowest BCUT2D eigenvalue weighted by molar-refractivity contribution is 0.304. The molecule has 0 aromatic carbocycles. The fraction of sp³-hybridized carbons (Fsp3) is 0.538. The molecular weight excluding hydrogens is 228 g/mol. The molecule has 5 nitrogen and oxygen atoms in total. The molecule has 0 bridgehead atoms. The molecule has 0 saturated carbocycles. The van der Waals surface area contributed by atoms with Crippen LogP contribution in [0.3, 0.4) is 0 Å². The highest BCUT2D eigenvalue weighted by Gasteiger charge is 2.22. The Hall–Kier alpha value is -1.62. The van der Waals surface area contributed by atoms with E-state index < -0.39 is 0 Å². The zero-order valence-electron chi connectivity index (χ0n) is 11.1. The minimum Gasteiger partial charge on any atom is -0.409 e. The van der Waals surface area contributed by atoms with Gasteiger partial charge in [0.15, 0.2) is 0 Å². The predicted molar refractivity (Wildman–Crippen MR) is 72.4 cm³/mol. The van der Waals surface area contributed by atoms with Crippen LogP contribution in [0.15, 0.2) is 29.6 Å². The molecule has 0 spiro atoms. The number of aromatic nitrogens is 1. The number of hydrogen-bond donors (Lipinski definition) is 3. The lowest BCUT2D eigenvalue weighted by Crippen LogP contribution is -2.32. The SMILES string of the molecule is CC(C)(CCCNCc1ccccn1)C(N)=NO. The van der Waals surface area contributed by atoms with Crippen molar-refractivity contribution in [2.45, 2.75) is 33.2 Å². The highest BCUT2D eigenvalue weighted by atomic mass is 16.4. The Morgan fingerprint density at radius 3 is 2.89 bits per heavy atom. The molecule has 0 aliphatic carbocycles. The lowest BCUT2D eigenvalue weighted by Gasteiger charge is -2.22. The maximum Gasteiger partial charge on any atom is 0.144 e. The van der Waals surface area contributed by atoms with Gasteiger partial charge < -0.3 is 16.3 Å². The van der Waals surface area contributed by atoms with Crippen LogP contribution in [0.2, 0.25) is 0 Å². The van der Waals surface area contributed by atoms with Crippen LogP contribution in [0.1, 0.15) is 32.4 Å². The molecule has 1 heterocycles. The monoisotopic (exact) mass is 250 g/mol. The largest absolute Gasteiger partial charge is 0.409 e. The van der Waals surface area contributed by atoms with E-state index in [-0.39, 0.29) is 11.3 Å². The molecule has 1 rings (SSSR count). The standard InChI is InChI=1S/C13H22N4O/c1-13(2,12(14)17-18)7-5-8-15-10-11-6-3-4-9-16-11/h3-4,6,9,15,18H,5,7-8,10H2,1-2H3,(H2,14,17). The molecule has 5 heteroatoms. The van der Waals surface area contributed by atoms with E-state index in [1.807, 2.05) is 32.0 Å². The second-order valence-corrected chi connectivity index (χ2v) is 4.97. The Balaban J connectivity index is 2.20. The molecule has 0 amide bonds. The van der Waals surface area contributed by atoms with Crippen molar-refractivity contribution >= 4 is 5.84 Å². The van der Waals surface area contributed by atoms with Crippen LogP contribution in [-0.2, 0) is 6.54 Å². The predicted octanol–water partition coefficient (Wildman–Crippen LogP) is 1.72. The maximum atomic E-state index is 8.66. The van der Waals surface area contributed by atoms with Crippen LogP contribution in [0, 0.1) is 5.41 Å². The summed E-state index contributed by atoms with van der Waals surface area (Å²) in [6, 6.07) is 5.88. The van der Waals surface area contributed by atoms with Gasteiger partial charge in [0.2, 0.25) is 0 Å². The molecule has 0 fully saturated rings. The number of nitrogens with two attached hydrogens (primary N) is 1. The van der Waals surface area contributed by atoms with E-state index in [2.05, 4.69) is 15.5 Å². The van der Waals surface area contributed by atoms with Crippen molar-refractivity contribution in [1.29, 1.82) is 0 Å². The van der Waals surface area contributed by atoms with Crippen molar-refractivity contribution in [2.75, 3.05) is 6.54 Å². The Labute approximate surface area is 108 Å². The second kappa shape index (κ2) is 6.96. The fourth-order valence-electron chi connectivity index (χ4n) is 1.64. The summed E-state index contributed by atoms with van der Waals surface area (Å²) in [5.41, 5.74) is 6.40. The first-order valence-corrected chi connectivity index (χ1v) is 6.15. The van der Waals surface area contributed by atoms with Crippen LogP contribution in [0.5, 0.6) is 0 Å². The smallest absolute Gasteiger partial charge is 0.144 e. The summed E-state index contributed by atoms with van der Waals surface area (Å²) in [6.07, 6.45) is 3.63. The van der Waals surface area contributed by atoms with Gasteiger partial charge in [-0.25, -0.2) is 0 Å². The summed E-state index contributed by atoms with van der Waals surface area (Å²) in [7, 11) is 0. The first-order valence-electron chi connectivity index (χ1n) is 6.15. The molecule has 1 aromatic rings. The number of rotatable bonds is 7. The van der Waals surface area contributed by atoms with E-state index in [1.165, 1.54) is 0 Å². The second-order valence-electron chi connectivity index (χ2n) is 4.97. The topological polar surface area (TPSA) is 83.5 Å². The summed E-state index contributed by atoms with van der Waals surface area (Å²) in [6.45, 7) is 5.60. The van der Waals surface area contributed by atoms with Gasteiger partial charge >= 0.3 is 0 Å². The van der Waals surface area contributed by atoms with Gasteiger partial charge in [-0.15, -0.1) is 0 Å². The average Bonchev–Trinajstić information content (AvgIpc) is 2.38. The number of pyridine rings is 1. The molecule has 0 aliphatic heterocycles. The first-order chi connectivity index (χ1) is 8.56. The minimum atomic E-state index is -0.262. The molecule has 0 atom stereocenters. The third-order valence-electron chi connectivity index (χ3n) is 2.99. The summed E-state index contributed by atoms with van der Waals surface area (Å²) in [4.78, 5) is 4.23. The third kappa shape index (κ3) is 4.71. The van der Waals surface area contributed by atoms with Crippen molar-refractivity contribution in [3.63, 3.8) is 0 Å². The maximum absolute atomic E-state index is 8.66. The zero-order valence-corrected chi connectivity index (χ0v) is 11.1. The third-order valence-corrected chi connectivity index (χ3v) is 2.99. The van der Waals surface area contributed by atoms with Gasteiger partial charge in [0, 0.05) is 18.2 Å². The summed E-state index contributed by atoms with van der Waals surface area (Å²) >= 11 is 0.